The van der Waals surface area contributed by atoms with Crippen LogP contribution in [0.2, 0.25) is 0 Å². The van der Waals surface area contributed by atoms with Gasteiger partial charge in [-0.25, -0.2) is 4.98 Å². The highest BCUT2D eigenvalue weighted by atomic mass is 16.3. The molecule has 268 valence electrons. The zero-order chi connectivity index (χ0) is 37.7. The van der Waals surface area contributed by atoms with Gasteiger partial charge < -0.3 is 13.9 Å². The smallest absolute Gasteiger partial charge is 0.227 e. The molecule has 0 amide bonds. The van der Waals surface area contributed by atoms with Crippen LogP contribution in [0.25, 0.3) is 83.1 Å². The van der Waals surface area contributed by atoms with E-state index in [0.717, 1.165) is 78.0 Å². The van der Waals surface area contributed by atoms with Gasteiger partial charge in [0.25, 0.3) is 0 Å². The van der Waals surface area contributed by atoms with Gasteiger partial charge in [0, 0.05) is 49.9 Å². The first-order valence-corrected chi connectivity index (χ1v) is 19.3. The molecule has 2 heterocycles. The maximum absolute atomic E-state index is 6.62. The van der Waals surface area contributed by atoms with Gasteiger partial charge in [-0.05, 0) is 83.2 Å². The van der Waals surface area contributed by atoms with Gasteiger partial charge in [0.1, 0.15) is 5.52 Å². The standard InChI is InChI=1S/C53H35N3O/c1-4-16-36(17-5-1)43-23-12-14-26-48(43)55(42-32-33-46-45-25-13-15-27-49(45)56(50(46)35-42)40-21-8-3-9-22-40)41-30-28-37(29-31-41)47-34-39-20-10-11-24-44(39)51-52(47)57-53(54-51)38-18-6-2-7-19-38/h1-35H. The summed E-state index contributed by atoms with van der Waals surface area (Å²) in [6.07, 6.45) is 0. The molecule has 0 aliphatic carbocycles. The number of hydrogen-bond acceptors (Lipinski definition) is 3. The second-order valence-corrected chi connectivity index (χ2v) is 14.4. The average molecular weight is 730 g/mol. The first-order chi connectivity index (χ1) is 28.3. The Bertz CT molecular complexity index is 3220. The predicted molar refractivity (Wildman–Crippen MR) is 237 cm³/mol. The topological polar surface area (TPSA) is 34.2 Å². The zero-order valence-electron chi connectivity index (χ0n) is 31.0. The van der Waals surface area contributed by atoms with E-state index in [0.29, 0.717) is 5.89 Å². The summed E-state index contributed by atoms with van der Waals surface area (Å²) in [6, 6.07) is 75.2. The van der Waals surface area contributed by atoms with Gasteiger partial charge in [0.15, 0.2) is 5.58 Å². The molecule has 0 radical (unpaired) electrons. The van der Waals surface area contributed by atoms with E-state index in [1.807, 2.05) is 30.3 Å². The van der Waals surface area contributed by atoms with Gasteiger partial charge in [-0.3, -0.25) is 0 Å². The quantitative estimate of drug-likeness (QED) is 0.164. The lowest BCUT2D eigenvalue weighted by molar-refractivity contribution is 0.621. The van der Waals surface area contributed by atoms with E-state index in [1.54, 1.807) is 0 Å². The van der Waals surface area contributed by atoms with E-state index in [2.05, 4.69) is 191 Å². The van der Waals surface area contributed by atoms with Crippen molar-refractivity contribution in [3.63, 3.8) is 0 Å². The molecular formula is C53H35N3O. The first kappa shape index (κ1) is 32.7. The third-order valence-electron chi connectivity index (χ3n) is 11.0. The second-order valence-electron chi connectivity index (χ2n) is 14.4. The molecule has 0 saturated heterocycles. The average Bonchev–Trinajstić information content (AvgIpc) is 3.88. The fraction of sp³-hybridized carbons (Fsp3) is 0. The van der Waals surface area contributed by atoms with Gasteiger partial charge in [0.2, 0.25) is 5.89 Å². The van der Waals surface area contributed by atoms with E-state index >= 15 is 0 Å². The number of anilines is 3. The van der Waals surface area contributed by atoms with Crippen LogP contribution in [0.3, 0.4) is 0 Å². The van der Waals surface area contributed by atoms with Crippen LogP contribution in [0.1, 0.15) is 0 Å². The van der Waals surface area contributed by atoms with Gasteiger partial charge in [-0.1, -0.05) is 146 Å². The monoisotopic (exact) mass is 729 g/mol. The summed E-state index contributed by atoms with van der Waals surface area (Å²) in [5, 5.41) is 4.64. The molecule has 4 heteroatoms. The van der Waals surface area contributed by atoms with Crippen molar-refractivity contribution in [2.24, 2.45) is 0 Å². The number of benzene rings is 9. The fourth-order valence-electron chi connectivity index (χ4n) is 8.36. The van der Waals surface area contributed by atoms with Crippen molar-refractivity contribution in [3.8, 4) is 39.4 Å². The zero-order valence-corrected chi connectivity index (χ0v) is 31.0. The molecular weight excluding hydrogens is 695 g/mol. The van der Waals surface area contributed by atoms with Crippen molar-refractivity contribution in [2.75, 3.05) is 4.90 Å². The minimum Gasteiger partial charge on any atom is -0.435 e. The minimum atomic E-state index is 0.617. The SMILES string of the molecule is c1ccc(-c2nc3c(o2)c(-c2ccc(N(c4ccc5c6ccccc6n(-c6ccccc6)c5c4)c4ccccc4-c4ccccc4)cc2)cc2ccccc23)cc1. The lowest BCUT2D eigenvalue weighted by atomic mass is 9.98. The van der Waals surface area contributed by atoms with E-state index in [4.69, 9.17) is 9.40 Å². The lowest BCUT2D eigenvalue weighted by Crippen LogP contribution is -2.11. The van der Waals surface area contributed by atoms with Gasteiger partial charge >= 0.3 is 0 Å². The third-order valence-corrected chi connectivity index (χ3v) is 11.0. The summed E-state index contributed by atoms with van der Waals surface area (Å²) in [6.45, 7) is 0. The number of rotatable bonds is 7. The predicted octanol–water partition coefficient (Wildman–Crippen LogP) is 14.5. The van der Waals surface area contributed by atoms with Gasteiger partial charge in [-0.2, -0.15) is 0 Å². The molecule has 4 nitrogen and oxygen atoms in total. The number of aromatic nitrogens is 2. The summed E-state index contributed by atoms with van der Waals surface area (Å²) in [4.78, 5) is 7.44. The summed E-state index contributed by atoms with van der Waals surface area (Å²) in [5.74, 6) is 0.617. The van der Waals surface area contributed by atoms with Gasteiger partial charge in [-0.15, -0.1) is 0 Å². The molecule has 0 spiro atoms. The van der Waals surface area contributed by atoms with Crippen molar-refractivity contribution in [1.82, 2.24) is 9.55 Å². The molecule has 2 aromatic heterocycles. The van der Waals surface area contributed by atoms with Crippen molar-refractivity contribution in [1.29, 1.82) is 0 Å². The highest BCUT2D eigenvalue weighted by molar-refractivity contribution is 6.12. The maximum Gasteiger partial charge on any atom is 0.227 e. The third kappa shape index (κ3) is 5.58. The van der Waals surface area contributed by atoms with Crippen molar-refractivity contribution in [3.05, 3.63) is 212 Å². The lowest BCUT2D eigenvalue weighted by Gasteiger charge is -2.28. The molecule has 0 aliphatic rings. The Balaban J connectivity index is 1.11. The molecule has 57 heavy (non-hydrogen) atoms. The van der Waals surface area contributed by atoms with E-state index in [1.165, 1.54) is 16.3 Å². The molecule has 0 bridgehead atoms. The van der Waals surface area contributed by atoms with E-state index in [9.17, 15) is 0 Å². The van der Waals surface area contributed by atoms with Crippen LogP contribution >= 0.6 is 0 Å². The molecule has 0 fully saturated rings. The van der Waals surface area contributed by atoms with Crippen molar-refractivity contribution in [2.45, 2.75) is 0 Å². The van der Waals surface area contributed by atoms with Crippen LogP contribution in [0.5, 0.6) is 0 Å². The molecule has 9 aromatic carbocycles. The second kappa shape index (κ2) is 13.6. The number of para-hydroxylation sites is 3. The van der Waals surface area contributed by atoms with E-state index < -0.39 is 0 Å². The molecule has 0 aliphatic heterocycles. The molecule has 0 atom stereocenters. The summed E-state index contributed by atoms with van der Waals surface area (Å²) in [5.41, 5.74) is 13.6. The fourth-order valence-corrected chi connectivity index (χ4v) is 8.36. The number of fused-ring (bicyclic) bond motifs is 6. The Morgan fingerprint density at radius 3 is 1.81 bits per heavy atom. The van der Waals surface area contributed by atoms with Crippen LogP contribution in [-0.2, 0) is 0 Å². The Kier molecular flexibility index (Phi) is 7.78. The maximum atomic E-state index is 6.62. The van der Waals surface area contributed by atoms with Crippen LogP contribution in [0.4, 0.5) is 17.1 Å². The Morgan fingerprint density at radius 1 is 0.421 bits per heavy atom. The molecule has 0 unspecified atom stereocenters. The van der Waals surface area contributed by atoms with Crippen molar-refractivity contribution < 1.29 is 4.42 Å². The van der Waals surface area contributed by atoms with Crippen LogP contribution < -0.4 is 4.90 Å². The Labute approximate surface area is 330 Å². The summed E-state index contributed by atoms with van der Waals surface area (Å²) >= 11 is 0. The Hall–Kier alpha value is -7.69. The highest BCUT2D eigenvalue weighted by Crippen LogP contribution is 2.44. The summed E-state index contributed by atoms with van der Waals surface area (Å²) in [7, 11) is 0. The largest absolute Gasteiger partial charge is 0.435 e. The van der Waals surface area contributed by atoms with Crippen molar-refractivity contribution >= 4 is 60.7 Å². The molecule has 0 saturated carbocycles. The van der Waals surface area contributed by atoms with Gasteiger partial charge in [0.05, 0.1) is 16.7 Å². The normalized spacial score (nSPS) is 11.5. The van der Waals surface area contributed by atoms with Crippen LogP contribution in [0, 0.1) is 0 Å². The van der Waals surface area contributed by atoms with Crippen LogP contribution in [0.15, 0.2) is 217 Å². The minimum absolute atomic E-state index is 0.617. The first-order valence-electron chi connectivity index (χ1n) is 19.3. The van der Waals surface area contributed by atoms with Crippen LogP contribution in [-0.4, -0.2) is 9.55 Å². The molecule has 11 rings (SSSR count). The number of nitrogens with zero attached hydrogens (tertiary/aromatic N) is 3. The number of hydrogen-bond donors (Lipinski definition) is 0. The molecule has 0 N–H and O–H groups in total. The number of oxazole rings is 1. The van der Waals surface area contributed by atoms with E-state index in [-0.39, 0.29) is 0 Å². The summed E-state index contributed by atoms with van der Waals surface area (Å²) < 4.78 is 9.00. The molecule has 11 aromatic rings. The Morgan fingerprint density at radius 2 is 1.02 bits per heavy atom. The highest BCUT2D eigenvalue weighted by Gasteiger charge is 2.21.